The molecule has 2 aliphatic carbocycles. The van der Waals surface area contributed by atoms with E-state index in [-0.39, 0.29) is 30.4 Å². The number of rotatable bonds is 5. The number of amides is 2. The molecule has 0 bridgehead atoms. The SMILES string of the molecule is C[C@@]1(C(=O)O)CCCN1C(=O)[C@H]1CCC[C@@H](NC(=O)OCC2c3ccccc3-c3ccccc32)C1. The number of carboxylic acid groups (broad SMARTS) is 1. The van der Waals surface area contributed by atoms with E-state index in [0.29, 0.717) is 32.2 Å². The number of carbonyl (C=O) groups is 3. The van der Waals surface area contributed by atoms with Crippen LogP contribution in [0.25, 0.3) is 11.1 Å². The zero-order valence-corrected chi connectivity index (χ0v) is 20.0. The van der Waals surface area contributed by atoms with Crippen LogP contribution in [0, 0.1) is 5.92 Å². The summed E-state index contributed by atoms with van der Waals surface area (Å²) in [5.41, 5.74) is 3.56. The minimum Gasteiger partial charge on any atom is -0.480 e. The number of hydrogen-bond acceptors (Lipinski definition) is 4. The lowest BCUT2D eigenvalue weighted by Gasteiger charge is -2.36. The van der Waals surface area contributed by atoms with Gasteiger partial charge in [0.25, 0.3) is 0 Å². The van der Waals surface area contributed by atoms with Crippen LogP contribution in [-0.2, 0) is 14.3 Å². The number of benzene rings is 2. The Morgan fingerprint density at radius 2 is 1.69 bits per heavy atom. The van der Waals surface area contributed by atoms with Crippen molar-refractivity contribution >= 4 is 18.0 Å². The topological polar surface area (TPSA) is 95.9 Å². The monoisotopic (exact) mass is 476 g/mol. The number of likely N-dealkylation sites (tertiary alicyclic amines) is 1. The molecular weight excluding hydrogens is 444 g/mol. The quantitative estimate of drug-likeness (QED) is 0.660. The first-order valence-corrected chi connectivity index (χ1v) is 12.5. The normalized spacial score (nSPS) is 25.6. The van der Waals surface area contributed by atoms with Crippen LogP contribution in [0.3, 0.4) is 0 Å². The molecule has 5 rings (SSSR count). The Hall–Kier alpha value is -3.35. The number of carboxylic acids is 1. The molecule has 184 valence electrons. The van der Waals surface area contributed by atoms with E-state index in [0.717, 1.165) is 24.0 Å². The van der Waals surface area contributed by atoms with Crippen LogP contribution in [0.5, 0.6) is 0 Å². The predicted octanol–water partition coefficient (Wildman–Crippen LogP) is 4.55. The molecule has 1 heterocycles. The first kappa shape index (κ1) is 23.4. The highest BCUT2D eigenvalue weighted by Crippen LogP contribution is 2.44. The number of aliphatic carboxylic acids is 1. The summed E-state index contributed by atoms with van der Waals surface area (Å²) in [7, 11) is 0. The molecule has 0 unspecified atom stereocenters. The summed E-state index contributed by atoms with van der Waals surface area (Å²) in [5.74, 6) is -1.34. The number of hydrogen-bond donors (Lipinski definition) is 2. The third-order valence-corrected chi connectivity index (χ3v) is 8.06. The Morgan fingerprint density at radius 1 is 1.03 bits per heavy atom. The minimum atomic E-state index is -1.13. The molecule has 2 aromatic rings. The van der Waals surface area contributed by atoms with Gasteiger partial charge in [0.05, 0.1) is 0 Å². The predicted molar refractivity (Wildman–Crippen MR) is 131 cm³/mol. The summed E-state index contributed by atoms with van der Waals surface area (Å²) < 4.78 is 5.68. The molecule has 7 nitrogen and oxygen atoms in total. The summed E-state index contributed by atoms with van der Waals surface area (Å²) in [6, 6.07) is 16.3. The molecular formula is C28H32N2O5. The lowest BCUT2D eigenvalue weighted by atomic mass is 9.84. The Labute approximate surface area is 205 Å². The molecule has 3 atom stereocenters. The summed E-state index contributed by atoms with van der Waals surface area (Å²) in [6.45, 7) is 2.36. The van der Waals surface area contributed by atoms with E-state index in [4.69, 9.17) is 4.74 Å². The van der Waals surface area contributed by atoms with Gasteiger partial charge in [-0.25, -0.2) is 9.59 Å². The average Bonchev–Trinajstić information content (AvgIpc) is 3.41. The molecule has 0 aromatic heterocycles. The first-order chi connectivity index (χ1) is 16.9. The van der Waals surface area contributed by atoms with Crippen molar-refractivity contribution in [1.82, 2.24) is 10.2 Å². The van der Waals surface area contributed by atoms with Crippen molar-refractivity contribution in [3.63, 3.8) is 0 Å². The maximum Gasteiger partial charge on any atom is 0.407 e. The zero-order chi connectivity index (χ0) is 24.6. The fourth-order valence-corrected chi connectivity index (χ4v) is 6.11. The fourth-order valence-electron chi connectivity index (χ4n) is 6.11. The molecule has 1 aliphatic heterocycles. The highest BCUT2D eigenvalue weighted by atomic mass is 16.5. The van der Waals surface area contributed by atoms with Crippen LogP contribution < -0.4 is 5.32 Å². The van der Waals surface area contributed by atoms with E-state index in [2.05, 4.69) is 29.6 Å². The Balaban J connectivity index is 1.19. The van der Waals surface area contributed by atoms with Gasteiger partial charge in [-0.05, 0) is 61.3 Å². The van der Waals surface area contributed by atoms with E-state index in [1.54, 1.807) is 6.92 Å². The smallest absolute Gasteiger partial charge is 0.407 e. The van der Waals surface area contributed by atoms with Crippen molar-refractivity contribution in [3.8, 4) is 11.1 Å². The van der Waals surface area contributed by atoms with E-state index in [1.165, 1.54) is 16.0 Å². The van der Waals surface area contributed by atoms with Crippen LogP contribution in [0.15, 0.2) is 48.5 Å². The Morgan fingerprint density at radius 3 is 2.34 bits per heavy atom. The van der Waals surface area contributed by atoms with Gasteiger partial charge in [0.2, 0.25) is 5.91 Å². The van der Waals surface area contributed by atoms with Gasteiger partial charge in [-0.3, -0.25) is 4.79 Å². The average molecular weight is 477 g/mol. The zero-order valence-electron chi connectivity index (χ0n) is 20.0. The van der Waals surface area contributed by atoms with Crippen molar-refractivity contribution in [2.45, 2.75) is 62.9 Å². The number of ether oxygens (including phenoxy) is 1. The van der Waals surface area contributed by atoms with Crippen LogP contribution in [0.4, 0.5) is 4.79 Å². The van der Waals surface area contributed by atoms with Crippen molar-refractivity contribution in [2.75, 3.05) is 13.2 Å². The second-order valence-corrected chi connectivity index (χ2v) is 10.2. The molecule has 2 amide bonds. The van der Waals surface area contributed by atoms with Gasteiger partial charge in [0, 0.05) is 24.4 Å². The highest BCUT2D eigenvalue weighted by Gasteiger charge is 2.47. The molecule has 3 aliphatic rings. The first-order valence-electron chi connectivity index (χ1n) is 12.5. The summed E-state index contributed by atoms with van der Waals surface area (Å²) in [4.78, 5) is 39.3. The third kappa shape index (κ3) is 4.28. The highest BCUT2D eigenvalue weighted by molar-refractivity contribution is 5.88. The second-order valence-electron chi connectivity index (χ2n) is 10.2. The number of alkyl carbamates (subject to hydrolysis) is 1. The van der Waals surface area contributed by atoms with Crippen LogP contribution in [0.2, 0.25) is 0 Å². The minimum absolute atomic E-state index is 0.00213. The standard InChI is InChI=1S/C28H32N2O5/c1-28(26(32)33)14-7-15-30(28)25(31)18-8-6-9-19(16-18)29-27(34)35-17-24-22-12-4-2-10-20(22)21-11-3-5-13-23(21)24/h2-5,10-13,18-19,24H,6-9,14-17H2,1H3,(H,29,34)(H,32,33)/t18-,19+,28-/m0/s1. The van der Waals surface area contributed by atoms with E-state index in [9.17, 15) is 19.5 Å². The van der Waals surface area contributed by atoms with Crippen LogP contribution in [-0.4, -0.2) is 52.7 Å². The molecule has 7 heteroatoms. The van der Waals surface area contributed by atoms with E-state index >= 15 is 0 Å². The Kier molecular flexibility index (Phi) is 6.26. The molecule has 0 radical (unpaired) electrons. The Bertz CT molecular complexity index is 1100. The lowest BCUT2D eigenvalue weighted by molar-refractivity contribution is -0.157. The molecule has 2 fully saturated rings. The van der Waals surface area contributed by atoms with Gasteiger partial charge in [-0.1, -0.05) is 55.0 Å². The largest absolute Gasteiger partial charge is 0.480 e. The lowest BCUT2D eigenvalue weighted by Crippen LogP contribution is -2.53. The number of nitrogens with zero attached hydrogens (tertiary/aromatic N) is 1. The van der Waals surface area contributed by atoms with Crippen molar-refractivity contribution in [2.24, 2.45) is 5.92 Å². The molecule has 0 spiro atoms. The van der Waals surface area contributed by atoms with Gasteiger partial charge in [-0.15, -0.1) is 0 Å². The summed E-state index contributed by atoms with van der Waals surface area (Å²) >= 11 is 0. The van der Waals surface area contributed by atoms with Gasteiger partial charge in [-0.2, -0.15) is 0 Å². The molecule has 35 heavy (non-hydrogen) atoms. The fraction of sp³-hybridized carbons (Fsp3) is 0.464. The number of fused-ring (bicyclic) bond motifs is 3. The van der Waals surface area contributed by atoms with Crippen molar-refractivity contribution in [1.29, 1.82) is 0 Å². The molecule has 1 saturated heterocycles. The van der Waals surface area contributed by atoms with E-state index in [1.807, 2.05) is 24.3 Å². The van der Waals surface area contributed by atoms with Gasteiger partial charge < -0.3 is 20.1 Å². The molecule has 2 N–H and O–H groups in total. The van der Waals surface area contributed by atoms with Gasteiger partial charge >= 0.3 is 12.1 Å². The van der Waals surface area contributed by atoms with Crippen LogP contribution in [0.1, 0.15) is 62.5 Å². The summed E-state index contributed by atoms with van der Waals surface area (Å²) in [6.07, 6.45) is 3.52. The van der Waals surface area contributed by atoms with E-state index < -0.39 is 17.6 Å². The van der Waals surface area contributed by atoms with Gasteiger partial charge in [0.15, 0.2) is 0 Å². The van der Waals surface area contributed by atoms with Crippen molar-refractivity contribution < 1.29 is 24.2 Å². The molecule has 2 aromatic carbocycles. The van der Waals surface area contributed by atoms with Crippen LogP contribution >= 0.6 is 0 Å². The maximum atomic E-state index is 13.2. The third-order valence-electron chi connectivity index (χ3n) is 8.06. The second kappa shape index (κ2) is 9.36. The maximum absolute atomic E-state index is 13.2. The molecule has 1 saturated carbocycles. The summed E-state index contributed by atoms with van der Waals surface area (Å²) in [5, 5.41) is 12.6. The number of nitrogens with one attached hydrogen (secondary N) is 1. The number of carbonyl (C=O) groups excluding carboxylic acids is 2. The van der Waals surface area contributed by atoms with Gasteiger partial charge in [0.1, 0.15) is 12.1 Å². The van der Waals surface area contributed by atoms with Crippen molar-refractivity contribution in [3.05, 3.63) is 59.7 Å².